The van der Waals surface area contributed by atoms with Crippen LogP contribution < -0.4 is 5.73 Å². The van der Waals surface area contributed by atoms with E-state index in [1.165, 1.54) is 19.4 Å². The van der Waals surface area contributed by atoms with Crippen LogP contribution in [0, 0.1) is 0 Å². The van der Waals surface area contributed by atoms with Crippen molar-refractivity contribution >= 4 is 0 Å². The summed E-state index contributed by atoms with van der Waals surface area (Å²) in [5.74, 6) is 0. The molecule has 1 aromatic heterocycles. The summed E-state index contributed by atoms with van der Waals surface area (Å²) in [6.45, 7) is 2.98. The second-order valence-electron chi connectivity index (χ2n) is 5.07. The highest BCUT2D eigenvalue weighted by atomic mass is 16.5. The van der Waals surface area contributed by atoms with Crippen molar-refractivity contribution in [1.82, 2.24) is 14.7 Å². The molecule has 5 heteroatoms. The first-order valence-electron chi connectivity index (χ1n) is 6.35. The topological polar surface area (TPSA) is 56.3 Å². The van der Waals surface area contributed by atoms with Gasteiger partial charge in [-0.1, -0.05) is 0 Å². The van der Waals surface area contributed by atoms with Crippen LogP contribution in [0.5, 0.6) is 0 Å². The summed E-state index contributed by atoms with van der Waals surface area (Å²) in [6.07, 6.45) is 4.45. The molecule has 0 saturated carbocycles. The number of hydrogen-bond donors (Lipinski definition) is 1. The molecule has 94 valence electrons. The summed E-state index contributed by atoms with van der Waals surface area (Å²) in [4.78, 5) is 2.52. The zero-order valence-corrected chi connectivity index (χ0v) is 10.2. The first-order valence-corrected chi connectivity index (χ1v) is 6.35. The van der Waals surface area contributed by atoms with E-state index in [0.29, 0.717) is 6.04 Å². The van der Waals surface area contributed by atoms with E-state index in [1.807, 2.05) is 17.8 Å². The Labute approximate surface area is 102 Å². The maximum atomic E-state index is 6.29. The predicted molar refractivity (Wildman–Crippen MR) is 64.5 cm³/mol. The highest BCUT2D eigenvalue weighted by molar-refractivity contribution is 5.09. The van der Waals surface area contributed by atoms with Gasteiger partial charge in [-0.05, 0) is 25.5 Å². The summed E-state index contributed by atoms with van der Waals surface area (Å²) in [6, 6.07) is 2.53. The van der Waals surface area contributed by atoms with Crippen molar-refractivity contribution in [1.29, 1.82) is 0 Å². The molecule has 2 saturated heterocycles. The van der Waals surface area contributed by atoms with Crippen molar-refractivity contribution in [2.45, 2.75) is 31.0 Å². The van der Waals surface area contributed by atoms with Gasteiger partial charge in [-0.3, -0.25) is 9.58 Å². The summed E-state index contributed by atoms with van der Waals surface area (Å²) >= 11 is 0. The van der Waals surface area contributed by atoms with E-state index in [-0.39, 0.29) is 12.1 Å². The van der Waals surface area contributed by atoms with Gasteiger partial charge in [0.15, 0.2) is 0 Å². The van der Waals surface area contributed by atoms with Crippen molar-refractivity contribution in [3.05, 3.63) is 18.0 Å². The highest BCUT2D eigenvalue weighted by Gasteiger charge is 2.35. The van der Waals surface area contributed by atoms with Gasteiger partial charge in [0.05, 0.1) is 24.4 Å². The molecular weight excluding hydrogens is 216 g/mol. The molecule has 0 aliphatic carbocycles. The van der Waals surface area contributed by atoms with Gasteiger partial charge in [0.1, 0.15) is 0 Å². The van der Waals surface area contributed by atoms with E-state index in [9.17, 15) is 0 Å². The van der Waals surface area contributed by atoms with Gasteiger partial charge in [0.2, 0.25) is 0 Å². The molecule has 1 aromatic rings. The zero-order valence-electron chi connectivity index (χ0n) is 10.2. The van der Waals surface area contributed by atoms with E-state index in [0.717, 1.165) is 18.8 Å². The third-order valence-electron chi connectivity index (χ3n) is 4.02. The smallest absolute Gasteiger partial charge is 0.0910 e. The monoisotopic (exact) mass is 236 g/mol. The molecule has 2 aliphatic rings. The lowest BCUT2D eigenvalue weighted by Crippen LogP contribution is -2.50. The molecule has 5 nitrogen and oxygen atoms in total. The van der Waals surface area contributed by atoms with Crippen molar-refractivity contribution in [2.24, 2.45) is 12.8 Å². The van der Waals surface area contributed by atoms with Gasteiger partial charge >= 0.3 is 0 Å². The van der Waals surface area contributed by atoms with Crippen molar-refractivity contribution in [3.8, 4) is 0 Å². The van der Waals surface area contributed by atoms with E-state index >= 15 is 0 Å². The van der Waals surface area contributed by atoms with Crippen molar-refractivity contribution < 1.29 is 4.74 Å². The van der Waals surface area contributed by atoms with Gasteiger partial charge in [0.25, 0.3) is 0 Å². The first kappa shape index (κ1) is 11.2. The fraction of sp³-hybridized carbons (Fsp3) is 0.750. The Morgan fingerprint density at radius 2 is 2.47 bits per heavy atom. The van der Waals surface area contributed by atoms with Gasteiger partial charge in [-0.25, -0.2) is 0 Å². The van der Waals surface area contributed by atoms with Crippen LogP contribution in [0.4, 0.5) is 0 Å². The minimum Gasteiger partial charge on any atom is -0.373 e. The average Bonchev–Trinajstić information content (AvgIpc) is 2.95. The zero-order chi connectivity index (χ0) is 11.8. The molecule has 17 heavy (non-hydrogen) atoms. The Hall–Kier alpha value is -0.910. The lowest BCUT2D eigenvalue weighted by Gasteiger charge is -2.37. The fourth-order valence-electron chi connectivity index (χ4n) is 2.96. The molecule has 0 bridgehead atoms. The Bertz CT molecular complexity index is 392. The number of nitrogens with zero attached hydrogens (tertiary/aromatic N) is 3. The number of fused-ring (bicyclic) bond motifs is 1. The van der Waals surface area contributed by atoms with Gasteiger partial charge in [-0.15, -0.1) is 0 Å². The average molecular weight is 236 g/mol. The SMILES string of the molecule is Cn1nccc1C(N)C1CN2CCCC2CO1. The lowest BCUT2D eigenvalue weighted by atomic mass is 10.1. The number of hydrogen-bond acceptors (Lipinski definition) is 4. The molecule has 2 N–H and O–H groups in total. The number of aryl methyl sites for hydroxylation is 1. The minimum atomic E-state index is -0.0796. The molecule has 3 unspecified atom stereocenters. The Morgan fingerprint density at radius 1 is 1.59 bits per heavy atom. The van der Waals surface area contributed by atoms with Gasteiger partial charge < -0.3 is 10.5 Å². The van der Waals surface area contributed by atoms with E-state index in [4.69, 9.17) is 10.5 Å². The van der Waals surface area contributed by atoms with Crippen molar-refractivity contribution in [3.63, 3.8) is 0 Å². The van der Waals surface area contributed by atoms with Crippen LogP contribution in [0.25, 0.3) is 0 Å². The second kappa shape index (κ2) is 4.40. The molecule has 3 atom stereocenters. The predicted octanol–water partition coefficient (Wildman–Crippen LogP) is 0.283. The summed E-state index contributed by atoms with van der Waals surface area (Å²) in [5.41, 5.74) is 7.33. The molecule has 0 amide bonds. The quantitative estimate of drug-likeness (QED) is 0.801. The van der Waals surface area contributed by atoms with Crippen LogP contribution in [0.1, 0.15) is 24.6 Å². The van der Waals surface area contributed by atoms with Crippen molar-refractivity contribution in [2.75, 3.05) is 19.7 Å². The van der Waals surface area contributed by atoms with Crippen LogP contribution >= 0.6 is 0 Å². The second-order valence-corrected chi connectivity index (χ2v) is 5.07. The van der Waals surface area contributed by atoms with Crippen LogP contribution in [0.2, 0.25) is 0 Å². The largest absolute Gasteiger partial charge is 0.373 e. The summed E-state index contributed by atoms with van der Waals surface area (Å²) in [5, 5.41) is 4.17. The summed E-state index contributed by atoms with van der Waals surface area (Å²) in [7, 11) is 1.93. The molecule has 2 fully saturated rings. The number of morpholine rings is 1. The Balaban J connectivity index is 1.71. The number of nitrogens with two attached hydrogens (primary N) is 1. The van der Waals surface area contributed by atoms with Gasteiger partial charge in [-0.2, -0.15) is 5.10 Å². The normalized spacial score (nSPS) is 31.4. The molecule has 3 heterocycles. The van der Waals surface area contributed by atoms with Crippen LogP contribution in [-0.2, 0) is 11.8 Å². The van der Waals surface area contributed by atoms with Crippen LogP contribution in [-0.4, -0.2) is 46.5 Å². The van der Waals surface area contributed by atoms with E-state index < -0.39 is 0 Å². The third-order valence-corrected chi connectivity index (χ3v) is 4.02. The fourth-order valence-corrected chi connectivity index (χ4v) is 2.96. The van der Waals surface area contributed by atoms with Gasteiger partial charge in [0, 0.05) is 25.8 Å². The third kappa shape index (κ3) is 1.99. The summed E-state index contributed by atoms with van der Waals surface area (Å²) < 4.78 is 7.76. The number of ether oxygens (including phenoxy) is 1. The number of rotatable bonds is 2. The number of aromatic nitrogens is 2. The standard InChI is InChI=1S/C12H20N4O/c1-15-10(4-5-14-15)12(13)11-7-16-6-2-3-9(16)8-17-11/h4-5,9,11-12H,2-3,6-8,13H2,1H3. The molecular formula is C12H20N4O. The molecule has 2 aliphatic heterocycles. The maximum absolute atomic E-state index is 6.29. The highest BCUT2D eigenvalue weighted by Crippen LogP contribution is 2.27. The molecule has 3 rings (SSSR count). The Morgan fingerprint density at radius 3 is 3.24 bits per heavy atom. The Kier molecular flexibility index (Phi) is 2.90. The van der Waals surface area contributed by atoms with Crippen LogP contribution in [0.15, 0.2) is 12.3 Å². The molecule has 0 aromatic carbocycles. The first-order chi connectivity index (χ1) is 8.25. The molecule has 0 spiro atoms. The molecule has 0 radical (unpaired) electrons. The van der Waals surface area contributed by atoms with Crippen LogP contribution in [0.3, 0.4) is 0 Å². The minimum absolute atomic E-state index is 0.0796. The van der Waals surface area contributed by atoms with E-state index in [1.54, 1.807) is 6.20 Å². The van der Waals surface area contributed by atoms with E-state index in [2.05, 4.69) is 10.00 Å². The lowest BCUT2D eigenvalue weighted by molar-refractivity contribution is -0.0606. The maximum Gasteiger partial charge on any atom is 0.0910 e.